The minimum atomic E-state index is 0.275. The normalized spacial score (nSPS) is 41.0. The maximum atomic E-state index is 5.96. The SMILES string of the molecule is Nc1cncnc1NC12CC3CC(CC(C3)C1)C2. The van der Waals surface area contributed by atoms with Crippen LogP contribution in [0.25, 0.3) is 0 Å². The molecule has 4 bridgehead atoms. The standard InChI is InChI=1S/C14H20N4/c15-12-7-16-8-17-13(12)18-14-4-9-1-10(5-14)3-11(2-9)6-14/h7-11H,1-6,15H2,(H,16,17,18). The topological polar surface area (TPSA) is 63.8 Å². The van der Waals surface area contributed by atoms with E-state index in [2.05, 4.69) is 15.3 Å². The van der Waals surface area contributed by atoms with Gasteiger partial charge in [0.1, 0.15) is 6.33 Å². The predicted octanol–water partition coefficient (Wildman–Crippen LogP) is 2.44. The van der Waals surface area contributed by atoms with Gasteiger partial charge in [0.15, 0.2) is 5.82 Å². The highest BCUT2D eigenvalue weighted by Crippen LogP contribution is 2.56. The van der Waals surface area contributed by atoms with Crippen molar-refractivity contribution >= 4 is 11.5 Å². The molecule has 5 rings (SSSR count). The summed E-state index contributed by atoms with van der Waals surface area (Å²) in [6.45, 7) is 0. The highest BCUT2D eigenvalue weighted by molar-refractivity contribution is 5.60. The molecule has 3 N–H and O–H groups in total. The van der Waals surface area contributed by atoms with Crippen LogP contribution >= 0.6 is 0 Å². The van der Waals surface area contributed by atoms with E-state index in [9.17, 15) is 0 Å². The molecular weight excluding hydrogens is 224 g/mol. The van der Waals surface area contributed by atoms with Gasteiger partial charge in [-0.3, -0.25) is 0 Å². The minimum absolute atomic E-state index is 0.275. The van der Waals surface area contributed by atoms with Gasteiger partial charge in [0.2, 0.25) is 0 Å². The van der Waals surface area contributed by atoms with Gasteiger partial charge < -0.3 is 11.1 Å². The van der Waals surface area contributed by atoms with Crippen LogP contribution in [0.2, 0.25) is 0 Å². The van der Waals surface area contributed by atoms with E-state index in [0.29, 0.717) is 5.69 Å². The number of nitrogens with two attached hydrogens (primary N) is 1. The van der Waals surface area contributed by atoms with Crippen molar-refractivity contribution in [3.63, 3.8) is 0 Å². The van der Waals surface area contributed by atoms with Crippen molar-refractivity contribution in [1.29, 1.82) is 0 Å². The Morgan fingerprint density at radius 2 is 1.72 bits per heavy atom. The van der Waals surface area contributed by atoms with Crippen molar-refractivity contribution in [3.05, 3.63) is 12.5 Å². The van der Waals surface area contributed by atoms with Gasteiger partial charge in [-0.25, -0.2) is 9.97 Å². The summed E-state index contributed by atoms with van der Waals surface area (Å²) in [5, 5.41) is 3.68. The first kappa shape index (κ1) is 10.6. The number of rotatable bonds is 2. The molecule has 1 aromatic heterocycles. The number of nitrogens with one attached hydrogen (secondary N) is 1. The van der Waals surface area contributed by atoms with Crippen molar-refractivity contribution < 1.29 is 0 Å². The molecule has 0 aliphatic heterocycles. The Labute approximate surface area is 107 Å². The zero-order chi connectivity index (χ0) is 12.2. The minimum Gasteiger partial charge on any atom is -0.394 e. The second-order valence-electron chi connectivity index (χ2n) is 6.65. The molecular formula is C14H20N4. The third-order valence-electron chi connectivity index (χ3n) is 5.16. The number of hydrogen-bond acceptors (Lipinski definition) is 4. The van der Waals surface area contributed by atoms with E-state index in [1.807, 2.05) is 0 Å². The van der Waals surface area contributed by atoms with Crippen molar-refractivity contribution in [1.82, 2.24) is 9.97 Å². The molecule has 1 aromatic rings. The lowest BCUT2D eigenvalue weighted by atomic mass is 9.53. The van der Waals surface area contributed by atoms with E-state index in [1.165, 1.54) is 38.5 Å². The summed E-state index contributed by atoms with van der Waals surface area (Å²) in [5.41, 5.74) is 6.91. The lowest BCUT2D eigenvalue weighted by molar-refractivity contribution is 0.0106. The summed E-state index contributed by atoms with van der Waals surface area (Å²) >= 11 is 0. The van der Waals surface area contributed by atoms with Gasteiger partial charge in [0.05, 0.1) is 11.9 Å². The average Bonchev–Trinajstić information content (AvgIpc) is 2.30. The molecule has 0 saturated heterocycles. The summed E-state index contributed by atoms with van der Waals surface area (Å²) in [5.74, 6) is 3.65. The zero-order valence-corrected chi connectivity index (χ0v) is 10.6. The Hall–Kier alpha value is -1.32. The molecule has 0 spiro atoms. The molecule has 4 heteroatoms. The first-order chi connectivity index (χ1) is 8.72. The Morgan fingerprint density at radius 3 is 2.28 bits per heavy atom. The van der Waals surface area contributed by atoms with E-state index >= 15 is 0 Å². The number of nitrogen functional groups attached to an aromatic ring is 1. The summed E-state index contributed by atoms with van der Waals surface area (Å²) in [6, 6.07) is 0. The fourth-order valence-electron chi connectivity index (χ4n) is 4.96. The fourth-order valence-corrected chi connectivity index (χ4v) is 4.96. The van der Waals surface area contributed by atoms with Crippen LogP contribution in [0, 0.1) is 17.8 Å². The molecule has 4 aliphatic carbocycles. The first-order valence-corrected chi connectivity index (χ1v) is 7.06. The number of anilines is 2. The Kier molecular flexibility index (Phi) is 2.11. The van der Waals surface area contributed by atoms with Gasteiger partial charge >= 0.3 is 0 Å². The predicted molar refractivity (Wildman–Crippen MR) is 71.0 cm³/mol. The van der Waals surface area contributed by atoms with Crippen LogP contribution in [0.3, 0.4) is 0 Å². The summed E-state index contributed by atoms with van der Waals surface area (Å²) in [7, 11) is 0. The molecule has 0 radical (unpaired) electrons. The average molecular weight is 244 g/mol. The maximum Gasteiger partial charge on any atom is 0.153 e. The number of nitrogens with zero attached hydrogens (tertiary/aromatic N) is 2. The number of aromatic nitrogens is 2. The lowest BCUT2D eigenvalue weighted by Gasteiger charge is -2.57. The molecule has 1 heterocycles. The molecule has 0 atom stereocenters. The third-order valence-corrected chi connectivity index (χ3v) is 5.16. The molecule has 4 fully saturated rings. The van der Waals surface area contributed by atoms with E-state index in [4.69, 9.17) is 5.73 Å². The van der Waals surface area contributed by atoms with Gasteiger partial charge in [-0.15, -0.1) is 0 Å². The zero-order valence-electron chi connectivity index (χ0n) is 10.6. The van der Waals surface area contributed by atoms with E-state index in [-0.39, 0.29) is 5.54 Å². The first-order valence-electron chi connectivity index (χ1n) is 7.06. The summed E-state index contributed by atoms with van der Waals surface area (Å²) < 4.78 is 0. The summed E-state index contributed by atoms with van der Waals surface area (Å²) in [6.07, 6.45) is 11.6. The monoisotopic (exact) mass is 244 g/mol. The number of hydrogen-bond donors (Lipinski definition) is 2. The van der Waals surface area contributed by atoms with E-state index in [1.54, 1.807) is 12.5 Å². The molecule has 0 unspecified atom stereocenters. The van der Waals surface area contributed by atoms with Gasteiger partial charge in [-0.2, -0.15) is 0 Å². The smallest absolute Gasteiger partial charge is 0.153 e. The van der Waals surface area contributed by atoms with E-state index in [0.717, 1.165) is 23.6 Å². The Morgan fingerprint density at radius 1 is 1.11 bits per heavy atom. The third kappa shape index (κ3) is 1.58. The van der Waals surface area contributed by atoms with E-state index < -0.39 is 0 Å². The fraction of sp³-hybridized carbons (Fsp3) is 0.714. The van der Waals surface area contributed by atoms with Crippen LogP contribution in [0.5, 0.6) is 0 Å². The highest BCUT2D eigenvalue weighted by atomic mass is 15.1. The second kappa shape index (κ2) is 3.59. The Bertz CT molecular complexity index is 435. The van der Waals surface area contributed by atoms with Gasteiger partial charge in [-0.1, -0.05) is 0 Å². The maximum absolute atomic E-state index is 5.96. The summed E-state index contributed by atoms with van der Waals surface area (Å²) in [4.78, 5) is 8.27. The van der Waals surface area contributed by atoms with Crippen LogP contribution in [0.4, 0.5) is 11.5 Å². The van der Waals surface area contributed by atoms with Crippen LogP contribution in [0.15, 0.2) is 12.5 Å². The molecule has 0 amide bonds. The van der Waals surface area contributed by atoms with Gasteiger partial charge in [0, 0.05) is 5.54 Å². The van der Waals surface area contributed by atoms with Crippen molar-refractivity contribution in [3.8, 4) is 0 Å². The second-order valence-corrected chi connectivity index (χ2v) is 6.65. The van der Waals surface area contributed by atoms with Crippen LogP contribution in [-0.2, 0) is 0 Å². The van der Waals surface area contributed by atoms with Crippen LogP contribution in [0.1, 0.15) is 38.5 Å². The quantitative estimate of drug-likeness (QED) is 0.838. The van der Waals surface area contributed by atoms with Crippen LogP contribution < -0.4 is 11.1 Å². The molecule has 96 valence electrons. The Balaban J connectivity index is 1.63. The highest BCUT2D eigenvalue weighted by Gasteiger charge is 2.51. The van der Waals surface area contributed by atoms with Crippen molar-refractivity contribution in [2.24, 2.45) is 17.8 Å². The van der Waals surface area contributed by atoms with Crippen molar-refractivity contribution in [2.75, 3.05) is 11.1 Å². The molecule has 0 aromatic carbocycles. The van der Waals surface area contributed by atoms with Gasteiger partial charge in [-0.05, 0) is 56.3 Å². The molecule has 18 heavy (non-hydrogen) atoms. The van der Waals surface area contributed by atoms with Crippen LogP contribution in [-0.4, -0.2) is 15.5 Å². The lowest BCUT2D eigenvalue weighted by Crippen LogP contribution is -2.55. The largest absolute Gasteiger partial charge is 0.394 e. The van der Waals surface area contributed by atoms with Gasteiger partial charge in [0.25, 0.3) is 0 Å². The molecule has 4 nitrogen and oxygen atoms in total. The molecule has 4 saturated carbocycles. The molecule has 4 aliphatic rings. The van der Waals surface area contributed by atoms with Crippen molar-refractivity contribution in [2.45, 2.75) is 44.1 Å².